The lowest BCUT2D eigenvalue weighted by Gasteiger charge is -2.34. The second-order valence-corrected chi connectivity index (χ2v) is 8.17. The molecule has 3 rings (SSSR count). The van der Waals surface area contributed by atoms with Gasteiger partial charge in [0.05, 0.1) is 12.7 Å². The SMILES string of the molecule is CC(C)CNc1ncc2c(n1)N[C@@H](CCCCN)C(=O)N2Cc1ccc(Cl)cc1. The molecule has 1 aromatic carbocycles. The molecule has 2 aromatic rings. The summed E-state index contributed by atoms with van der Waals surface area (Å²) in [5.41, 5.74) is 7.31. The standard InChI is InChI=1S/C21H29ClN6O/c1-14(2)11-24-21-25-12-18-19(27-21)26-17(5-3-4-10-23)20(29)28(18)13-15-6-8-16(22)9-7-15/h6-9,12,14,17H,3-5,10-11,13,23H2,1-2H3,(H2,24,25,26,27)/t17-/m0/s1. The second-order valence-electron chi connectivity index (χ2n) is 7.73. The van der Waals surface area contributed by atoms with E-state index in [9.17, 15) is 4.79 Å². The predicted octanol–water partition coefficient (Wildman–Crippen LogP) is 3.65. The van der Waals surface area contributed by atoms with Crippen LogP contribution in [-0.2, 0) is 11.3 Å². The lowest BCUT2D eigenvalue weighted by Crippen LogP contribution is -2.47. The molecule has 0 unspecified atom stereocenters. The zero-order valence-electron chi connectivity index (χ0n) is 17.0. The van der Waals surface area contributed by atoms with Gasteiger partial charge in [0.15, 0.2) is 5.82 Å². The van der Waals surface area contributed by atoms with Crippen LogP contribution in [0.15, 0.2) is 30.5 Å². The van der Waals surface area contributed by atoms with Crippen LogP contribution < -0.4 is 21.3 Å². The molecule has 1 atom stereocenters. The first kappa shape index (κ1) is 21.3. The molecule has 156 valence electrons. The van der Waals surface area contributed by atoms with Gasteiger partial charge in [-0.2, -0.15) is 4.98 Å². The minimum atomic E-state index is -0.325. The molecule has 1 amide bonds. The van der Waals surface area contributed by atoms with Gasteiger partial charge in [0.2, 0.25) is 11.9 Å². The number of carbonyl (C=O) groups is 1. The Morgan fingerprint density at radius 2 is 2.03 bits per heavy atom. The molecule has 2 heterocycles. The highest BCUT2D eigenvalue weighted by Gasteiger charge is 2.33. The number of benzene rings is 1. The minimum absolute atomic E-state index is 0.0240. The zero-order valence-corrected chi connectivity index (χ0v) is 17.7. The molecule has 0 saturated carbocycles. The molecular weight excluding hydrogens is 388 g/mol. The number of aromatic nitrogens is 2. The maximum atomic E-state index is 13.2. The van der Waals surface area contributed by atoms with Gasteiger partial charge >= 0.3 is 0 Å². The van der Waals surface area contributed by atoms with Crippen molar-refractivity contribution in [2.45, 2.75) is 45.7 Å². The van der Waals surface area contributed by atoms with E-state index in [4.69, 9.17) is 17.3 Å². The van der Waals surface area contributed by atoms with Crippen molar-refractivity contribution < 1.29 is 4.79 Å². The average molecular weight is 417 g/mol. The van der Waals surface area contributed by atoms with Crippen LogP contribution in [0.5, 0.6) is 0 Å². The van der Waals surface area contributed by atoms with E-state index in [1.165, 1.54) is 0 Å². The third-order valence-electron chi connectivity index (χ3n) is 4.80. The Morgan fingerprint density at radius 3 is 2.72 bits per heavy atom. The van der Waals surface area contributed by atoms with E-state index in [0.29, 0.717) is 47.9 Å². The van der Waals surface area contributed by atoms with Crippen LogP contribution in [-0.4, -0.2) is 35.0 Å². The lowest BCUT2D eigenvalue weighted by atomic mass is 10.0. The summed E-state index contributed by atoms with van der Waals surface area (Å²) in [5, 5.41) is 7.23. The molecule has 4 N–H and O–H groups in total. The highest BCUT2D eigenvalue weighted by molar-refractivity contribution is 6.30. The number of fused-ring (bicyclic) bond motifs is 1. The smallest absolute Gasteiger partial charge is 0.249 e. The number of anilines is 3. The van der Waals surface area contributed by atoms with Crippen LogP contribution in [0, 0.1) is 5.92 Å². The van der Waals surface area contributed by atoms with Gasteiger partial charge < -0.3 is 21.3 Å². The number of unbranched alkanes of at least 4 members (excludes halogenated alkanes) is 1. The summed E-state index contributed by atoms with van der Waals surface area (Å²) >= 11 is 6.00. The highest BCUT2D eigenvalue weighted by atomic mass is 35.5. The van der Waals surface area contributed by atoms with E-state index in [1.54, 1.807) is 11.1 Å². The number of nitrogens with zero attached hydrogens (tertiary/aromatic N) is 3. The van der Waals surface area contributed by atoms with Crippen LogP contribution in [0.1, 0.15) is 38.7 Å². The van der Waals surface area contributed by atoms with Crippen molar-refractivity contribution >= 4 is 35.0 Å². The number of hydrogen-bond acceptors (Lipinski definition) is 6. The lowest BCUT2D eigenvalue weighted by molar-refractivity contribution is -0.119. The van der Waals surface area contributed by atoms with E-state index < -0.39 is 0 Å². The Morgan fingerprint density at radius 1 is 1.28 bits per heavy atom. The molecule has 8 heteroatoms. The number of nitrogens with one attached hydrogen (secondary N) is 2. The van der Waals surface area contributed by atoms with E-state index in [1.807, 2.05) is 24.3 Å². The molecule has 0 bridgehead atoms. The number of hydrogen-bond donors (Lipinski definition) is 3. The zero-order chi connectivity index (χ0) is 20.8. The largest absolute Gasteiger partial charge is 0.356 e. The van der Waals surface area contributed by atoms with Crippen molar-refractivity contribution in [1.29, 1.82) is 0 Å². The van der Waals surface area contributed by atoms with E-state index >= 15 is 0 Å². The van der Waals surface area contributed by atoms with Crippen LogP contribution in [0.4, 0.5) is 17.5 Å². The summed E-state index contributed by atoms with van der Waals surface area (Å²) in [7, 11) is 0. The summed E-state index contributed by atoms with van der Waals surface area (Å²) in [6, 6.07) is 7.20. The van der Waals surface area contributed by atoms with Crippen LogP contribution >= 0.6 is 11.6 Å². The van der Waals surface area contributed by atoms with Crippen molar-refractivity contribution in [2.75, 3.05) is 28.6 Å². The maximum absolute atomic E-state index is 13.2. The molecule has 29 heavy (non-hydrogen) atoms. The Hall–Kier alpha value is -2.38. The average Bonchev–Trinajstić information content (AvgIpc) is 2.70. The minimum Gasteiger partial charge on any atom is -0.356 e. The molecule has 7 nitrogen and oxygen atoms in total. The van der Waals surface area contributed by atoms with Gasteiger partial charge in [0, 0.05) is 11.6 Å². The number of halogens is 1. The monoisotopic (exact) mass is 416 g/mol. The van der Waals surface area contributed by atoms with Gasteiger partial charge in [-0.05, 0) is 49.4 Å². The summed E-state index contributed by atoms with van der Waals surface area (Å²) in [4.78, 5) is 24.0. The van der Waals surface area contributed by atoms with Crippen LogP contribution in [0.2, 0.25) is 5.02 Å². The molecule has 0 radical (unpaired) electrons. The van der Waals surface area contributed by atoms with Crippen molar-refractivity contribution in [2.24, 2.45) is 11.7 Å². The molecule has 0 fully saturated rings. The van der Waals surface area contributed by atoms with Crippen LogP contribution in [0.3, 0.4) is 0 Å². The van der Waals surface area contributed by atoms with Crippen molar-refractivity contribution in [3.05, 3.63) is 41.0 Å². The maximum Gasteiger partial charge on any atom is 0.249 e. The normalized spacial score (nSPS) is 16.0. The van der Waals surface area contributed by atoms with E-state index in [0.717, 1.165) is 24.9 Å². The summed E-state index contributed by atoms with van der Waals surface area (Å²) < 4.78 is 0. The number of rotatable bonds is 9. The van der Waals surface area contributed by atoms with Crippen molar-refractivity contribution in [1.82, 2.24) is 9.97 Å². The highest BCUT2D eigenvalue weighted by Crippen LogP contribution is 2.32. The Balaban J connectivity index is 1.86. The van der Waals surface area contributed by atoms with Gasteiger partial charge in [0.25, 0.3) is 0 Å². The molecule has 1 aromatic heterocycles. The fraction of sp³-hybridized carbons (Fsp3) is 0.476. The topological polar surface area (TPSA) is 96.2 Å². The van der Waals surface area contributed by atoms with Crippen LogP contribution in [0.25, 0.3) is 0 Å². The molecule has 1 aliphatic heterocycles. The third kappa shape index (κ3) is 5.58. The van der Waals surface area contributed by atoms with Crippen molar-refractivity contribution in [3.8, 4) is 0 Å². The summed E-state index contributed by atoms with van der Waals surface area (Å²) in [6.45, 7) is 6.11. The fourth-order valence-corrected chi connectivity index (χ4v) is 3.34. The molecule has 0 spiro atoms. The first-order valence-corrected chi connectivity index (χ1v) is 10.5. The van der Waals surface area contributed by atoms with Gasteiger partial charge in [-0.25, -0.2) is 4.98 Å². The van der Waals surface area contributed by atoms with Gasteiger partial charge in [-0.3, -0.25) is 4.79 Å². The molecule has 1 aliphatic rings. The number of amides is 1. The summed E-state index contributed by atoms with van der Waals surface area (Å²) in [5.74, 6) is 1.74. The molecule has 0 aliphatic carbocycles. The summed E-state index contributed by atoms with van der Waals surface area (Å²) in [6.07, 6.45) is 4.20. The van der Waals surface area contributed by atoms with Gasteiger partial charge in [-0.15, -0.1) is 0 Å². The molecule has 0 saturated heterocycles. The first-order chi connectivity index (χ1) is 14.0. The Bertz CT molecular complexity index is 826. The fourth-order valence-electron chi connectivity index (χ4n) is 3.22. The Kier molecular flexibility index (Phi) is 7.28. The Labute approximate surface area is 177 Å². The predicted molar refractivity (Wildman–Crippen MR) is 118 cm³/mol. The van der Waals surface area contributed by atoms with E-state index in [2.05, 4.69) is 34.4 Å². The number of nitrogens with two attached hydrogens (primary N) is 1. The van der Waals surface area contributed by atoms with E-state index in [-0.39, 0.29) is 11.9 Å². The second kappa shape index (κ2) is 9.89. The third-order valence-corrected chi connectivity index (χ3v) is 5.06. The quantitative estimate of drug-likeness (QED) is 0.540. The van der Waals surface area contributed by atoms with Crippen molar-refractivity contribution in [3.63, 3.8) is 0 Å². The van der Waals surface area contributed by atoms with Gasteiger partial charge in [-0.1, -0.05) is 37.6 Å². The number of carbonyl (C=O) groups excluding carboxylic acids is 1. The first-order valence-electron chi connectivity index (χ1n) is 10.1. The van der Waals surface area contributed by atoms with Gasteiger partial charge in [0.1, 0.15) is 11.7 Å². The molecular formula is C21H29ClN6O.